The topological polar surface area (TPSA) is 75.3 Å². The first-order valence-electron chi connectivity index (χ1n) is 9.54. The maximum Gasteiger partial charge on any atom is 0.120 e. The maximum atomic E-state index is 10.5. The van der Waals surface area contributed by atoms with Gasteiger partial charge in [-0.1, -0.05) is 30.3 Å². The summed E-state index contributed by atoms with van der Waals surface area (Å²) in [6.07, 6.45) is 0.955. The van der Waals surface area contributed by atoms with E-state index in [9.17, 15) is 10.2 Å². The monoisotopic (exact) mass is 397 g/mol. The third kappa shape index (κ3) is 6.64. The molecule has 1 aromatic heterocycles. The number of aromatic hydroxyl groups is 1. The number of ether oxygens (including phenoxy) is 2. The molecule has 154 valence electrons. The summed E-state index contributed by atoms with van der Waals surface area (Å²) in [7, 11) is 1.63. The minimum atomic E-state index is -0.672. The van der Waals surface area contributed by atoms with Crippen molar-refractivity contribution in [2.45, 2.75) is 25.8 Å². The fraction of sp³-hybridized carbons (Fsp3) is 0.304. The molecule has 0 bridgehead atoms. The van der Waals surface area contributed by atoms with Gasteiger partial charge >= 0.3 is 0 Å². The Morgan fingerprint density at radius 2 is 1.79 bits per heavy atom. The van der Waals surface area contributed by atoms with Crippen LogP contribution in [0.3, 0.4) is 0 Å². The van der Waals surface area contributed by atoms with Crippen LogP contribution in [0.25, 0.3) is 0 Å². The Bertz CT molecular complexity index is 848. The summed E-state index contributed by atoms with van der Waals surface area (Å²) < 4.78 is 16.3. The molecule has 0 unspecified atom stereocenters. The highest BCUT2D eigenvalue weighted by Gasteiger charge is 2.16. The number of phenolic OH excluding ortho intramolecular Hbond substituents is 1. The van der Waals surface area contributed by atoms with E-state index in [0.29, 0.717) is 26.2 Å². The van der Waals surface area contributed by atoms with Crippen molar-refractivity contribution in [1.29, 1.82) is 0 Å². The van der Waals surface area contributed by atoms with Gasteiger partial charge in [-0.05, 0) is 35.9 Å². The van der Waals surface area contributed by atoms with Gasteiger partial charge in [-0.3, -0.25) is 4.90 Å². The summed E-state index contributed by atoms with van der Waals surface area (Å²) in [5, 5.41) is 20.6. The summed E-state index contributed by atoms with van der Waals surface area (Å²) >= 11 is 0. The Labute approximate surface area is 170 Å². The predicted octanol–water partition coefficient (Wildman–Crippen LogP) is 3.57. The molecule has 0 saturated heterocycles. The summed E-state index contributed by atoms with van der Waals surface area (Å²) in [4.78, 5) is 2.02. The van der Waals surface area contributed by atoms with Crippen LogP contribution in [-0.2, 0) is 24.4 Å². The van der Waals surface area contributed by atoms with Gasteiger partial charge < -0.3 is 24.1 Å². The average molecular weight is 397 g/mol. The SMILES string of the molecule is COc1ccc(COC[C@H](O)CN(Cc2ccco2)Cc2ccccc2O)cc1. The molecule has 3 rings (SSSR count). The molecule has 2 N–H and O–H groups in total. The zero-order valence-electron chi connectivity index (χ0n) is 16.5. The van der Waals surface area contributed by atoms with Gasteiger partial charge in [-0.15, -0.1) is 0 Å². The number of hydrogen-bond acceptors (Lipinski definition) is 6. The van der Waals surface area contributed by atoms with Crippen molar-refractivity contribution in [3.8, 4) is 11.5 Å². The van der Waals surface area contributed by atoms with Gasteiger partial charge in [0.05, 0.1) is 39.2 Å². The second kappa shape index (κ2) is 10.7. The third-order valence-electron chi connectivity index (χ3n) is 4.55. The van der Waals surface area contributed by atoms with Crippen molar-refractivity contribution in [1.82, 2.24) is 4.90 Å². The number of hydrogen-bond donors (Lipinski definition) is 2. The molecule has 29 heavy (non-hydrogen) atoms. The van der Waals surface area contributed by atoms with Crippen LogP contribution in [0.4, 0.5) is 0 Å². The van der Waals surface area contributed by atoms with Crippen molar-refractivity contribution in [3.05, 3.63) is 83.8 Å². The molecule has 0 saturated carbocycles. The van der Waals surface area contributed by atoms with Gasteiger partial charge in [0.2, 0.25) is 0 Å². The molecule has 0 radical (unpaired) electrons. The van der Waals surface area contributed by atoms with Gasteiger partial charge in [0.15, 0.2) is 0 Å². The van der Waals surface area contributed by atoms with Crippen molar-refractivity contribution < 1.29 is 24.1 Å². The number of phenols is 1. The van der Waals surface area contributed by atoms with Gasteiger partial charge in [-0.2, -0.15) is 0 Å². The van der Waals surface area contributed by atoms with Crippen molar-refractivity contribution >= 4 is 0 Å². The number of aliphatic hydroxyl groups excluding tert-OH is 1. The van der Waals surface area contributed by atoms with E-state index in [1.807, 2.05) is 53.4 Å². The maximum absolute atomic E-state index is 10.5. The van der Waals surface area contributed by atoms with Crippen LogP contribution < -0.4 is 4.74 Å². The van der Waals surface area contributed by atoms with Crippen LogP contribution in [0.1, 0.15) is 16.9 Å². The Kier molecular flexibility index (Phi) is 7.69. The van der Waals surface area contributed by atoms with E-state index in [0.717, 1.165) is 22.6 Å². The van der Waals surface area contributed by atoms with Crippen LogP contribution in [0.2, 0.25) is 0 Å². The minimum Gasteiger partial charge on any atom is -0.508 e. The number of para-hydroxylation sites is 1. The fourth-order valence-electron chi connectivity index (χ4n) is 3.08. The summed E-state index contributed by atoms with van der Waals surface area (Å²) in [5.41, 5.74) is 1.81. The Hall–Kier alpha value is -2.80. The van der Waals surface area contributed by atoms with Crippen LogP contribution in [0.15, 0.2) is 71.3 Å². The molecule has 0 aliphatic heterocycles. The molecular formula is C23H27NO5. The Morgan fingerprint density at radius 3 is 2.48 bits per heavy atom. The molecule has 1 heterocycles. The molecule has 3 aromatic rings. The second-order valence-corrected chi connectivity index (χ2v) is 6.89. The average Bonchev–Trinajstić information content (AvgIpc) is 3.23. The Morgan fingerprint density at radius 1 is 1.00 bits per heavy atom. The summed E-state index contributed by atoms with van der Waals surface area (Å²) in [6.45, 7) is 2.03. The van der Waals surface area contributed by atoms with E-state index in [1.165, 1.54) is 0 Å². The first kappa shape index (κ1) is 20.9. The summed E-state index contributed by atoms with van der Waals surface area (Å²) in [5.74, 6) is 1.83. The highest BCUT2D eigenvalue weighted by molar-refractivity contribution is 5.31. The molecule has 2 aromatic carbocycles. The van der Waals surface area contributed by atoms with Crippen molar-refractivity contribution in [3.63, 3.8) is 0 Å². The number of rotatable bonds is 11. The lowest BCUT2D eigenvalue weighted by Gasteiger charge is -2.24. The summed E-state index contributed by atoms with van der Waals surface area (Å²) in [6, 6.07) is 18.6. The predicted molar refractivity (Wildman–Crippen MR) is 110 cm³/mol. The fourth-order valence-corrected chi connectivity index (χ4v) is 3.08. The van der Waals surface area contributed by atoms with Gasteiger partial charge in [0.1, 0.15) is 17.3 Å². The minimum absolute atomic E-state index is 0.210. The van der Waals surface area contributed by atoms with Gasteiger partial charge in [0.25, 0.3) is 0 Å². The number of furan rings is 1. The number of methoxy groups -OCH3 is 1. The Balaban J connectivity index is 1.53. The third-order valence-corrected chi connectivity index (χ3v) is 4.55. The molecule has 0 aliphatic rings. The first-order valence-corrected chi connectivity index (χ1v) is 9.54. The van der Waals surface area contributed by atoms with E-state index in [1.54, 1.807) is 25.5 Å². The number of benzene rings is 2. The van der Waals surface area contributed by atoms with Crippen LogP contribution in [0.5, 0.6) is 11.5 Å². The van der Waals surface area contributed by atoms with Crippen LogP contribution in [0, 0.1) is 0 Å². The van der Waals surface area contributed by atoms with Crippen LogP contribution in [-0.4, -0.2) is 41.5 Å². The molecule has 0 amide bonds. The smallest absolute Gasteiger partial charge is 0.120 e. The number of nitrogens with zero attached hydrogens (tertiary/aromatic N) is 1. The lowest BCUT2D eigenvalue weighted by Crippen LogP contribution is -2.34. The van der Waals surface area contributed by atoms with E-state index in [2.05, 4.69) is 0 Å². The molecule has 0 fully saturated rings. The molecule has 0 aliphatic carbocycles. The van der Waals surface area contributed by atoms with Crippen molar-refractivity contribution in [2.24, 2.45) is 0 Å². The van der Waals surface area contributed by atoms with Gasteiger partial charge in [0, 0.05) is 18.7 Å². The molecule has 6 heteroatoms. The molecule has 0 spiro atoms. The lowest BCUT2D eigenvalue weighted by atomic mass is 10.1. The quantitative estimate of drug-likeness (QED) is 0.515. The van der Waals surface area contributed by atoms with E-state index in [4.69, 9.17) is 13.9 Å². The number of aliphatic hydroxyl groups is 1. The molecule has 6 nitrogen and oxygen atoms in total. The van der Waals surface area contributed by atoms with E-state index in [-0.39, 0.29) is 12.4 Å². The van der Waals surface area contributed by atoms with E-state index < -0.39 is 6.10 Å². The highest BCUT2D eigenvalue weighted by Crippen LogP contribution is 2.19. The zero-order chi connectivity index (χ0) is 20.5. The zero-order valence-corrected chi connectivity index (χ0v) is 16.5. The second-order valence-electron chi connectivity index (χ2n) is 6.89. The van der Waals surface area contributed by atoms with E-state index >= 15 is 0 Å². The van der Waals surface area contributed by atoms with Gasteiger partial charge in [-0.25, -0.2) is 0 Å². The highest BCUT2D eigenvalue weighted by atomic mass is 16.5. The molecule has 1 atom stereocenters. The molecular weight excluding hydrogens is 370 g/mol. The van der Waals surface area contributed by atoms with Crippen LogP contribution >= 0.6 is 0 Å². The normalized spacial score (nSPS) is 12.2. The largest absolute Gasteiger partial charge is 0.508 e. The first-order chi connectivity index (χ1) is 14.1. The lowest BCUT2D eigenvalue weighted by molar-refractivity contribution is 0.00602. The van der Waals surface area contributed by atoms with Crippen molar-refractivity contribution in [2.75, 3.05) is 20.3 Å². The standard InChI is InChI=1S/C23H27NO5/c1-27-21-10-8-18(9-11-21)16-28-17-20(25)14-24(15-22-6-4-12-29-22)13-19-5-2-3-7-23(19)26/h2-12,20,25-26H,13-17H2,1H3/t20-/m1/s1.